The molecule has 2 rings (SSSR count). The first-order chi connectivity index (χ1) is 17.9. The SMILES string of the molecule is C[Si](C)(C)C(c1cc(C([Si](C)(C)C)[Si](C)(C)C)c([Si](Br)(Br)C2C=CC=C2)c(C([Si](C)(C)C)[Si](C)(C)C)c1)[Si](C)(C)C. The summed E-state index contributed by atoms with van der Waals surface area (Å²) < 4.78 is 0. The maximum atomic E-state index is 4.60. The number of hydrogen-bond acceptors (Lipinski definition) is 0. The highest BCUT2D eigenvalue weighted by atomic mass is 79.9. The molecule has 0 atom stereocenters. The molecule has 1 aliphatic rings. The van der Waals surface area contributed by atoms with E-state index in [0.717, 1.165) is 5.16 Å². The average Bonchev–Trinajstić information content (AvgIpc) is 3.15. The Balaban J connectivity index is 3.38. The van der Waals surface area contributed by atoms with Gasteiger partial charge in [0.25, 0.3) is 0 Å². The van der Waals surface area contributed by atoms with Gasteiger partial charge < -0.3 is 0 Å². The maximum Gasteiger partial charge on any atom is 0.241 e. The van der Waals surface area contributed by atoms with Gasteiger partial charge >= 0.3 is 0 Å². The fraction of sp³-hybridized carbons (Fsp3) is 0.688. The van der Waals surface area contributed by atoms with Crippen molar-refractivity contribution in [2.75, 3.05) is 0 Å². The van der Waals surface area contributed by atoms with Crippen molar-refractivity contribution in [2.45, 2.75) is 139 Å². The van der Waals surface area contributed by atoms with Crippen molar-refractivity contribution >= 4 is 89.5 Å². The molecule has 0 heterocycles. The summed E-state index contributed by atoms with van der Waals surface area (Å²) in [6.45, 7) is 47.8. The lowest BCUT2D eigenvalue weighted by molar-refractivity contribution is 1.09. The molecule has 0 spiro atoms. The Bertz CT molecular complexity index is 1040. The minimum atomic E-state index is -2.26. The molecule has 0 unspecified atom stereocenters. The predicted molar refractivity (Wildman–Crippen MR) is 220 cm³/mol. The van der Waals surface area contributed by atoms with E-state index in [1.165, 1.54) is 0 Å². The molecule has 0 bridgehead atoms. The molecule has 0 radical (unpaired) electrons. The van der Waals surface area contributed by atoms with E-state index in [1.807, 2.05) is 0 Å². The lowest BCUT2D eigenvalue weighted by Crippen LogP contribution is -2.56. The van der Waals surface area contributed by atoms with Crippen LogP contribution in [0, 0.1) is 0 Å². The summed E-state index contributed by atoms with van der Waals surface area (Å²) in [5.41, 5.74) is 5.70. The van der Waals surface area contributed by atoms with Crippen LogP contribution in [0.15, 0.2) is 36.4 Å². The molecule has 41 heavy (non-hydrogen) atoms. The van der Waals surface area contributed by atoms with Crippen LogP contribution in [0.1, 0.15) is 32.2 Å². The summed E-state index contributed by atoms with van der Waals surface area (Å²) in [5.74, 6) is 0. The first-order valence-electron chi connectivity index (χ1n) is 15.8. The fourth-order valence-corrected chi connectivity index (χ4v) is 54.9. The van der Waals surface area contributed by atoms with Gasteiger partial charge in [-0.2, -0.15) is 0 Å². The Morgan fingerprint density at radius 2 is 0.732 bits per heavy atom. The van der Waals surface area contributed by atoms with Crippen LogP contribution < -0.4 is 5.19 Å². The zero-order valence-corrected chi connectivity index (χ0v) is 40.2. The number of benzene rings is 1. The maximum absolute atomic E-state index is 4.60. The van der Waals surface area contributed by atoms with Crippen molar-refractivity contribution in [3.05, 3.63) is 53.1 Å². The van der Waals surface area contributed by atoms with Gasteiger partial charge in [0.05, 0.1) is 0 Å². The zero-order chi connectivity index (χ0) is 32.4. The molecule has 1 aromatic rings. The molecule has 234 valence electrons. The summed E-state index contributed by atoms with van der Waals surface area (Å²) >= 11 is 9.19. The topological polar surface area (TPSA) is 0 Å². The molecule has 0 amide bonds. The van der Waals surface area contributed by atoms with Gasteiger partial charge in [-0.1, -0.05) is 154 Å². The average molecular weight is 805 g/mol. The summed E-state index contributed by atoms with van der Waals surface area (Å²) in [4.78, 5) is 0. The highest BCUT2D eigenvalue weighted by Crippen LogP contribution is 2.48. The monoisotopic (exact) mass is 802 g/mol. The second kappa shape index (κ2) is 12.4. The van der Waals surface area contributed by atoms with Gasteiger partial charge in [0.1, 0.15) is 0 Å². The minimum Gasteiger partial charge on any atom is -0.104 e. The second-order valence-electron chi connectivity index (χ2n) is 19.5. The molecule has 0 N–H and O–H groups in total. The quantitative estimate of drug-likeness (QED) is 0.154. The standard InChI is InChI=1S/C32H64Br2Si7/c1-35(2,3)30(36(4,5)6)25-23-27(31(37(7,8)9)38(10,11)12)29(41(33,34)26-21-19-20-22-26)28(24-25)32(39(13,14)15)40(16,17)18/h19-24,26,30-32H,1-18H3. The van der Waals surface area contributed by atoms with Gasteiger partial charge in [-0.3, -0.25) is 0 Å². The third kappa shape index (κ3) is 8.92. The number of hydrogen-bond donors (Lipinski definition) is 0. The van der Waals surface area contributed by atoms with E-state index in [9.17, 15) is 0 Å². The predicted octanol–water partition coefficient (Wildman–Crippen LogP) is 12.1. The van der Waals surface area contributed by atoms with Gasteiger partial charge in [-0.05, 0) is 37.4 Å². The zero-order valence-electron chi connectivity index (χ0n) is 30.0. The lowest BCUT2D eigenvalue weighted by Gasteiger charge is -2.47. The molecule has 0 aliphatic heterocycles. The van der Waals surface area contributed by atoms with Gasteiger partial charge in [0.2, 0.25) is 5.31 Å². The van der Waals surface area contributed by atoms with Crippen molar-refractivity contribution in [1.82, 2.24) is 0 Å². The Morgan fingerprint density at radius 3 is 0.976 bits per heavy atom. The fourth-order valence-electron chi connectivity index (χ4n) is 9.32. The minimum absolute atomic E-state index is 0.434. The molecule has 9 heteroatoms. The third-order valence-electron chi connectivity index (χ3n) is 8.87. The smallest absolute Gasteiger partial charge is 0.104 e. The molecule has 1 aliphatic carbocycles. The van der Waals surface area contributed by atoms with Crippen LogP contribution >= 0.6 is 30.6 Å². The van der Waals surface area contributed by atoms with E-state index in [0.29, 0.717) is 15.9 Å². The molecule has 0 saturated heterocycles. The van der Waals surface area contributed by atoms with Crippen LogP contribution in [0.25, 0.3) is 0 Å². The van der Waals surface area contributed by atoms with Crippen molar-refractivity contribution in [3.63, 3.8) is 0 Å². The molecule has 0 saturated carbocycles. The lowest BCUT2D eigenvalue weighted by atomic mass is 10.1. The Hall–Kier alpha value is 1.18. The Morgan fingerprint density at radius 1 is 0.463 bits per heavy atom. The van der Waals surface area contributed by atoms with E-state index in [-0.39, 0.29) is 0 Å². The Labute approximate surface area is 279 Å². The van der Waals surface area contributed by atoms with Crippen LogP contribution in [0.4, 0.5) is 0 Å². The molecule has 0 fully saturated rings. The van der Waals surface area contributed by atoms with Crippen molar-refractivity contribution in [2.24, 2.45) is 0 Å². The normalized spacial score (nSPS) is 16.7. The number of halogens is 2. The molecule has 0 nitrogen and oxygen atoms in total. The third-order valence-corrected chi connectivity index (χ3v) is 44.8. The molecule has 0 aromatic heterocycles. The van der Waals surface area contributed by atoms with Crippen molar-refractivity contribution < 1.29 is 0 Å². The van der Waals surface area contributed by atoms with Gasteiger partial charge in [0.15, 0.2) is 0 Å². The largest absolute Gasteiger partial charge is 0.241 e. The highest BCUT2D eigenvalue weighted by Gasteiger charge is 2.51. The van der Waals surface area contributed by atoms with Crippen LogP contribution in [-0.2, 0) is 0 Å². The van der Waals surface area contributed by atoms with Crippen LogP contribution in [0.5, 0.6) is 0 Å². The highest BCUT2D eigenvalue weighted by molar-refractivity contribution is 9.51. The van der Waals surface area contributed by atoms with Crippen LogP contribution in [-0.4, -0.2) is 53.8 Å². The number of allylic oxidation sites excluding steroid dienone is 4. The van der Waals surface area contributed by atoms with E-state index >= 15 is 0 Å². The summed E-state index contributed by atoms with van der Waals surface area (Å²) in [6.07, 6.45) is 9.47. The van der Waals surface area contributed by atoms with Crippen LogP contribution in [0.2, 0.25) is 123 Å². The van der Waals surface area contributed by atoms with Crippen molar-refractivity contribution in [3.8, 4) is 0 Å². The first-order valence-corrected chi connectivity index (χ1v) is 43.9. The van der Waals surface area contributed by atoms with E-state index in [2.05, 4.69) is 185 Å². The van der Waals surface area contributed by atoms with Gasteiger partial charge in [-0.15, -0.1) is 30.6 Å². The Kier molecular flexibility index (Phi) is 11.6. The first kappa shape index (κ1) is 38.4. The van der Waals surface area contributed by atoms with Gasteiger partial charge in [0, 0.05) is 54.0 Å². The summed E-state index contributed by atoms with van der Waals surface area (Å²) in [7, 11) is -9.20. The number of rotatable bonds is 11. The van der Waals surface area contributed by atoms with Crippen molar-refractivity contribution in [1.29, 1.82) is 0 Å². The van der Waals surface area contributed by atoms with E-state index in [4.69, 9.17) is 0 Å². The van der Waals surface area contributed by atoms with E-state index in [1.54, 1.807) is 21.9 Å². The summed E-state index contributed by atoms with van der Waals surface area (Å²) in [5, 5.41) is 1.67. The van der Waals surface area contributed by atoms with Crippen LogP contribution in [0.3, 0.4) is 0 Å². The molecular formula is C32H64Br2Si7. The molecular weight excluding hydrogens is 741 g/mol. The second-order valence-corrected chi connectivity index (χ2v) is 66.2. The molecule has 1 aromatic carbocycles. The summed E-state index contributed by atoms with van der Waals surface area (Å²) in [6, 6.07) is 5.69. The van der Waals surface area contributed by atoms with E-state index < -0.39 is 53.8 Å². The van der Waals surface area contributed by atoms with Gasteiger partial charge in [-0.25, -0.2) is 0 Å².